The third-order valence-corrected chi connectivity index (χ3v) is 5.20. The number of amides is 1. The second kappa shape index (κ2) is 8.45. The quantitative estimate of drug-likeness (QED) is 0.664. The van der Waals surface area contributed by atoms with Gasteiger partial charge in [0.25, 0.3) is 5.91 Å². The van der Waals surface area contributed by atoms with Crippen LogP contribution in [-0.4, -0.2) is 33.8 Å². The number of carbonyl (C=O) groups excluding carboxylic acids is 1. The molecule has 0 aliphatic carbocycles. The Hall–Kier alpha value is -3.69. The molecule has 3 heterocycles. The average molecular weight is 443 g/mol. The number of alkyl halides is 3. The van der Waals surface area contributed by atoms with Crippen molar-refractivity contribution >= 4 is 17.4 Å². The number of anilines is 2. The number of halogens is 3. The number of rotatable bonds is 4. The van der Waals surface area contributed by atoms with Crippen molar-refractivity contribution in [1.82, 2.24) is 14.8 Å². The molecular formula is C22H20F3N5O2. The zero-order valence-electron chi connectivity index (χ0n) is 17.2. The molecule has 0 saturated carbocycles. The highest BCUT2D eigenvalue weighted by Gasteiger charge is 2.30. The lowest BCUT2D eigenvalue weighted by Gasteiger charge is -2.17. The van der Waals surface area contributed by atoms with Crippen LogP contribution in [0.25, 0.3) is 5.69 Å². The molecule has 1 N–H and O–H groups in total. The van der Waals surface area contributed by atoms with Crippen LogP contribution in [0.1, 0.15) is 34.6 Å². The standard InChI is InChI=1S/C22H20F3N5O2/c1-14-11-18(31)20(28-30(14)16-6-4-5-15(12-16)22(23,24)25)21(32)27-19-8-7-17(13-26-19)29-9-2-3-10-29/h4-8,11-13H,2-3,9-10H2,1H3,(H,26,27,32). The van der Waals surface area contributed by atoms with Crippen molar-refractivity contribution in [1.29, 1.82) is 0 Å². The number of aryl methyl sites for hydroxylation is 1. The minimum atomic E-state index is -4.53. The Bertz CT molecular complexity index is 1200. The zero-order valence-corrected chi connectivity index (χ0v) is 17.2. The fraction of sp³-hybridized carbons (Fsp3) is 0.273. The van der Waals surface area contributed by atoms with Gasteiger partial charge < -0.3 is 10.2 Å². The molecule has 2 aromatic heterocycles. The number of nitrogens with zero attached hydrogens (tertiary/aromatic N) is 4. The summed E-state index contributed by atoms with van der Waals surface area (Å²) in [5.74, 6) is -0.553. The second-order valence-electron chi connectivity index (χ2n) is 7.51. The summed E-state index contributed by atoms with van der Waals surface area (Å²) in [6, 6.07) is 9.12. The molecule has 1 aliphatic rings. The van der Waals surface area contributed by atoms with Gasteiger partial charge in [-0.25, -0.2) is 9.67 Å². The van der Waals surface area contributed by atoms with E-state index in [4.69, 9.17) is 0 Å². The molecule has 4 rings (SSSR count). The number of benzene rings is 1. The van der Waals surface area contributed by atoms with Crippen LogP contribution in [0, 0.1) is 6.92 Å². The van der Waals surface area contributed by atoms with Crippen molar-refractivity contribution in [2.75, 3.05) is 23.3 Å². The number of nitrogens with one attached hydrogen (secondary N) is 1. The molecule has 32 heavy (non-hydrogen) atoms. The van der Waals surface area contributed by atoms with Gasteiger partial charge in [0.1, 0.15) is 5.82 Å². The number of hydrogen-bond acceptors (Lipinski definition) is 5. The Kier molecular flexibility index (Phi) is 5.68. The van der Waals surface area contributed by atoms with Crippen molar-refractivity contribution in [3.63, 3.8) is 0 Å². The van der Waals surface area contributed by atoms with Crippen LogP contribution in [0.15, 0.2) is 53.5 Å². The van der Waals surface area contributed by atoms with E-state index in [0.29, 0.717) is 5.69 Å². The van der Waals surface area contributed by atoms with Gasteiger partial charge in [-0.15, -0.1) is 0 Å². The summed E-state index contributed by atoms with van der Waals surface area (Å²) in [4.78, 5) is 31.5. The van der Waals surface area contributed by atoms with Crippen molar-refractivity contribution in [3.8, 4) is 5.69 Å². The highest BCUT2D eigenvalue weighted by molar-refractivity contribution is 6.02. The highest BCUT2D eigenvalue weighted by atomic mass is 19.4. The van der Waals surface area contributed by atoms with Gasteiger partial charge in [0.15, 0.2) is 5.69 Å². The van der Waals surface area contributed by atoms with Gasteiger partial charge in [-0.05, 0) is 50.1 Å². The molecule has 0 radical (unpaired) electrons. The zero-order chi connectivity index (χ0) is 22.9. The molecule has 0 spiro atoms. The summed E-state index contributed by atoms with van der Waals surface area (Å²) < 4.78 is 40.3. The minimum absolute atomic E-state index is 0.0828. The minimum Gasteiger partial charge on any atom is -0.370 e. The number of pyridine rings is 1. The van der Waals surface area contributed by atoms with E-state index in [-0.39, 0.29) is 11.5 Å². The number of hydrogen-bond donors (Lipinski definition) is 1. The molecule has 1 aromatic carbocycles. The third kappa shape index (κ3) is 4.48. The lowest BCUT2D eigenvalue weighted by atomic mass is 10.2. The van der Waals surface area contributed by atoms with Crippen LogP contribution in [-0.2, 0) is 6.18 Å². The first-order valence-corrected chi connectivity index (χ1v) is 10.0. The predicted molar refractivity (Wildman–Crippen MR) is 113 cm³/mol. The lowest BCUT2D eigenvalue weighted by Crippen LogP contribution is -2.27. The summed E-state index contributed by atoms with van der Waals surface area (Å²) >= 11 is 0. The molecule has 0 unspecified atom stereocenters. The monoisotopic (exact) mass is 443 g/mol. The van der Waals surface area contributed by atoms with Crippen LogP contribution >= 0.6 is 0 Å². The maximum atomic E-state index is 13.1. The van der Waals surface area contributed by atoms with Crippen LogP contribution < -0.4 is 15.6 Å². The maximum Gasteiger partial charge on any atom is 0.416 e. The Morgan fingerprint density at radius 2 is 1.81 bits per heavy atom. The highest BCUT2D eigenvalue weighted by Crippen LogP contribution is 2.30. The summed E-state index contributed by atoms with van der Waals surface area (Å²) in [5.41, 5.74) is -0.627. The Morgan fingerprint density at radius 3 is 2.47 bits per heavy atom. The SMILES string of the molecule is Cc1cc(=O)c(C(=O)Nc2ccc(N3CCCC3)cn2)nn1-c1cccc(C(F)(F)F)c1. The molecule has 0 bridgehead atoms. The first-order chi connectivity index (χ1) is 15.2. The van der Waals surface area contributed by atoms with Crippen molar-refractivity contribution in [2.24, 2.45) is 0 Å². The Balaban J connectivity index is 1.60. The van der Waals surface area contributed by atoms with Gasteiger partial charge in [-0.3, -0.25) is 9.59 Å². The fourth-order valence-corrected chi connectivity index (χ4v) is 3.58. The Labute approximate surface area is 181 Å². The van der Waals surface area contributed by atoms with Gasteiger partial charge in [-0.1, -0.05) is 6.07 Å². The molecule has 7 nitrogen and oxygen atoms in total. The lowest BCUT2D eigenvalue weighted by molar-refractivity contribution is -0.137. The van der Waals surface area contributed by atoms with Crippen LogP contribution in [0.2, 0.25) is 0 Å². The van der Waals surface area contributed by atoms with Gasteiger partial charge in [-0.2, -0.15) is 18.3 Å². The Morgan fingerprint density at radius 1 is 1.06 bits per heavy atom. The van der Waals surface area contributed by atoms with E-state index in [0.717, 1.165) is 54.5 Å². The van der Waals surface area contributed by atoms with Crippen LogP contribution in [0.3, 0.4) is 0 Å². The molecule has 1 fully saturated rings. The first-order valence-electron chi connectivity index (χ1n) is 10.0. The first kappa shape index (κ1) is 21.5. The second-order valence-corrected chi connectivity index (χ2v) is 7.51. The summed E-state index contributed by atoms with van der Waals surface area (Å²) in [5, 5.41) is 6.56. The van der Waals surface area contributed by atoms with Crippen LogP contribution in [0.4, 0.5) is 24.7 Å². The number of aromatic nitrogens is 3. The third-order valence-electron chi connectivity index (χ3n) is 5.20. The molecule has 0 atom stereocenters. The number of carbonyl (C=O) groups is 1. The van der Waals surface area contributed by atoms with Crippen molar-refractivity contribution in [3.05, 3.63) is 75.8 Å². The maximum absolute atomic E-state index is 13.1. The molecule has 1 amide bonds. The van der Waals surface area contributed by atoms with E-state index in [2.05, 4.69) is 20.3 Å². The van der Waals surface area contributed by atoms with Gasteiger partial charge >= 0.3 is 6.18 Å². The summed E-state index contributed by atoms with van der Waals surface area (Å²) in [6.45, 7) is 3.43. The van der Waals surface area contributed by atoms with E-state index in [1.165, 1.54) is 19.1 Å². The summed E-state index contributed by atoms with van der Waals surface area (Å²) in [7, 11) is 0. The molecule has 166 valence electrons. The smallest absolute Gasteiger partial charge is 0.370 e. The molecular weight excluding hydrogens is 423 g/mol. The predicted octanol–water partition coefficient (Wildman–Crippen LogP) is 3.81. The van der Waals surface area contributed by atoms with E-state index in [1.54, 1.807) is 12.3 Å². The van der Waals surface area contributed by atoms with E-state index < -0.39 is 28.8 Å². The topological polar surface area (TPSA) is 80.1 Å². The summed E-state index contributed by atoms with van der Waals surface area (Å²) in [6.07, 6.45) is -0.647. The van der Waals surface area contributed by atoms with E-state index >= 15 is 0 Å². The van der Waals surface area contributed by atoms with E-state index in [9.17, 15) is 22.8 Å². The largest absolute Gasteiger partial charge is 0.416 e. The molecule has 1 aliphatic heterocycles. The molecule has 10 heteroatoms. The fourth-order valence-electron chi connectivity index (χ4n) is 3.58. The van der Waals surface area contributed by atoms with Crippen molar-refractivity contribution < 1.29 is 18.0 Å². The molecule has 1 saturated heterocycles. The van der Waals surface area contributed by atoms with Gasteiger partial charge in [0, 0.05) is 24.8 Å². The van der Waals surface area contributed by atoms with Crippen LogP contribution in [0.5, 0.6) is 0 Å². The van der Waals surface area contributed by atoms with Gasteiger partial charge in [0.2, 0.25) is 5.43 Å². The van der Waals surface area contributed by atoms with E-state index in [1.807, 2.05) is 6.07 Å². The molecule has 3 aromatic rings. The normalized spacial score (nSPS) is 13.9. The van der Waals surface area contributed by atoms with Gasteiger partial charge in [0.05, 0.1) is 23.1 Å². The average Bonchev–Trinajstić information content (AvgIpc) is 3.29. The van der Waals surface area contributed by atoms with Crippen molar-refractivity contribution in [2.45, 2.75) is 25.9 Å².